The molecule has 0 aliphatic carbocycles. The van der Waals surface area contributed by atoms with Crippen LogP contribution in [0.2, 0.25) is 0 Å². The van der Waals surface area contributed by atoms with E-state index < -0.39 is 0 Å². The summed E-state index contributed by atoms with van der Waals surface area (Å²) in [7, 11) is 0. The van der Waals surface area contributed by atoms with E-state index in [9.17, 15) is 4.79 Å². The van der Waals surface area contributed by atoms with Crippen molar-refractivity contribution in [2.45, 2.75) is 32.2 Å². The molecule has 2 aliphatic heterocycles. The predicted molar refractivity (Wildman–Crippen MR) is 99.5 cm³/mol. The third-order valence-corrected chi connectivity index (χ3v) is 5.30. The highest BCUT2D eigenvalue weighted by Crippen LogP contribution is 2.31. The Balaban J connectivity index is 1.46. The standard InChI is InChI=1S/C20H24N4O2/c1-13(2)17-12-26-18-9-16(10-22-19(18)23-17)20(25)24-8-5-15(11-24)14-3-6-21-7-4-14/h3-4,6-7,9-10,13,15,17H,5,8,11-12H2,1-2H3,(H,22,23)/t15?,17-/m0/s1. The van der Waals surface area contributed by atoms with Gasteiger partial charge in [-0.2, -0.15) is 0 Å². The number of fused-ring (bicyclic) bond motifs is 1. The van der Waals surface area contributed by atoms with Gasteiger partial charge in [-0.3, -0.25) is 9.78 Å². The molecule has 0 bridgehead atoms. The van der Waals surface area contributed by atoms with Crippen LogP contribution in [0.1, 0.15) is 42.1 Å². The summed E-state index contributed by atoms with van der Waals surface area (Å²) in [5, 5.41) is 3.39. The molecule has 136 valence electrons. The van der Waals surface area contributed by atoms with Crippen molar-refractivity contribution in [3.63, 3.8) is 0 Å². The van der Waals surface area contributed by atoms with E-state index in [1.807, 2.05) is 35.5 Å². The number of hydrogen-bond donors (Lipinski definition) is 1. The highest BCUT2D eigenvalue weighted by Gasteiger charge is 2.29. The Morgan fingerprint density at radius 2 is 2.15 bits per heavy atom. The van der Waals surface area contributed by atoms with Gasteiger partial charge in [-0.25, -0.2) is 4.98 Å². The average molecular weight is 352 g/mol. The van der Waals surface area contributed by atoms with Gasteiger partial charge in [0.25, 0.3) is 5.91 Å². The lowest BCUT2D eigenvalue weighted by Gasteiger charge is -2.29. The van der Waals surface area contributed by atoms with Gasteiger partial charge in [-0.15, -0.1) is 0 Å². The summed E-state index contributed by atoms with van der Waals surface area (Å²) < 4.78 is 5.84. The number of anilines is 1. The summed E-state index contributed by atoms with van der Waals surface area (Å²) in [4.78, 5) is 23.3. The maximum Gasteiger partial charge on any atom is 0.255 e. The molecule has 1 saturated heterocycles. The molecule has 2 aromatic rings. The maximum absolute atomic E-state index is 12.9. The number of carbonyl (C=O) groups excluding carboxylic acids is 1. The minimum Gasteiger partial charge on any atom is -0.488 e. The molecule has 0 saturated carbocycles. The van der Waals surface area contributed by atoms with Crippen molar-refractivity contribution in [3.8, 4) is 5.75 Å². The van der Waals surface area contributed by atoms with Crippen molar-refractivity contribution in [1.29, 1.82) is 0 Å². The lowest BCUT2D eigenvalue weighted by atomic mass is 10.00. The Morgan fingerprint density at radius 3 is 2.92 bits per heavy atom. The van der Waals surface area contributed by atoms with Crippen LogP contribution in [0.25, 0.3) is 0 Å². The van der Waals surface area contributed by atoms with E-state index in [1.54, 1.807) is 6.20 Å². The van der Waals surface area contributed by atoms with Crippen LogP contribution in [0.3, 0.4) is 0 Å². The first kappa shape index (κ1) is 16.8. The second-order valence-corrected chi connectivity index (χ2v) is 7.39. The number of nitrogens with zero attached hydrogens (tertiary/aromatic N) is 3. The summed E-state index contributed by atoms with van der Waals surface area (Å²) in [6.45, 7) is 6.39. The summed E-state index contributed by atoms with van der Waals surface area (Å²) in [5.74, 6) is 2.24. The minimum absolute atomic E-state index is 0.0199. The molecule has 2 atom stereocenters. The number of aromatic nitrogens is 2. The number of ether oxygens (including phenoxy) is 1. The average Bonchev–Trinajstić information content (AvgIpc) is 3.17. The summed E-state index contributed by atoms with van der Waals surface area (Å²) >= 11 is 0. The Hall–Kier alpha value is -2.63. The lowest BCUT2D eigenvalue weighted by Crippen LogP contribution is -2.36. The topological polar surface area (TPSA) is 67.3 Å². The number of carbonyl (C=O) groups is 1. The third kappa shape index (κ3) is 3.23. The van der Waals surface area contributed by atoms with E-state index in [1.165, 1.54) is 5.56 Å². The second-order valence-electron chi connectivity index (χ2n) is 7.39. The van der Waals surface area contributed by atoms with Crippen LogP contribution in [0.5, 0.6) is 5.75 Å². The maximum atomic E-state index is 12.9. The SMILES string of the molecule is CC(C)[C@@H]1COc2cc(C(=O)N3CCC(c4ccncc4)C3)cnc2N1. The minimum atomic E-state index is 0.0199. The molecular formula is C20H24N4O2. The summed E-state index contributed by atoms with van der Waals surface area (Å²) in [6, 6.07) is 6.12. The molecule has 0 radical (unpaired) electrons. The molecule has 2 aromatic heterocycles. The zero-order valence-electron chi connectivity index (χ0n) is 15.2. The fourth-order valence-corrected chi connectivity index (χ4v) is 3.57. The van der Waals surface area contributed by atoms with Crippen LogP contribution in [0, 0.1) is 5.92 Å². The summed E-state index contributed by atoms with van der Waals surface area (Å²) in [5.41, 5.74) is 1.83. The molecule has 0 spiro atoms. The zero-order valence-corrected chi connectivity index (χ0v) is 15.2. The van der Waals surface area contributed by atoms with Crippen LogP contribution in [-0.2, 0) is 0 Å². The molecule has 4 heterocycles. The number of pyridine rings is 2. The van der Waals surface area contributed by atoms with Gasteiger partial charge >= 0.3 is 0 Å². The van der Waals surface area contributed by atoms with Crippen LogP contribution in [0.15, 0.2) is 36.8 Å². The molecule has 1 fully saturated rings. The number of nitrogens with one attached hydrogen (secondary N) is 1. The molecular weight excluding hydrogens is 328 g/mol. The van der Waals surface area contributed by atoms with Crippen LogP contribution in [0.4, 0.5) is 5.82 Å². The predicted octanol–water partition coefficient (Wildman–Crippen LogP) is 2.94. The van der Waals surface area contributed by atoms with Crippen molar-refractivity contribution >= 4 is 11.7 Å². The molecule has 6 nitrogen and oxygen atoms in total. The van der Waals surface area contributed by atoms with Crippen molar-refractivity contribution in [3.05, 3.63) is 47.9 Å². The molecule has 1 unspecified atom stereocenters. The molecule has 1 N–H and O–H groups in total. The molecule has 6 heteroatoms. The normalized spacial score (nSPS) is 21.9. The molecule has 1 amide bonds. The first-order valence-corrected chi connectivity index (χ1v) is 9.20. The van der Waals surface area contributed by atoms with Crippen molar-refractivity contribution in [2.75, 3.05) is 25.0 Å². The van der Waals surface area contributed by atoms with Gasteiger partial charge in [0.2, 0.25) is 0 Å². The third-order valence-electron chi connectivity index (χ3n) is 5.30. The van der Waals surface area contributed by atoms with Gasteiger partial charge in [0, 0.05) is 37.6 Å². The fourth-order valence-electron chi connectivity index (χ4n) is 3.57. The smallest absolute Gasteiger partial charge is 0.255 e. The highest BCUT2D eigenvalue weighted by molar-refractivity contribution is 5.95. The summed E-state index contributed by atoms with van der Waals surface area (Å²) in [6.07, 6.45) is 6.24. The number of amides is 1. The van der Waals surface area contributed by atoms with E-state index >= 15 is 0 Å². The van der Waals surface area contributed by atoms with Crippen molar-refractivity contribution in [2.24, 2.45) is 5.92 Å². The van der Waals surface area contributed by atoms with E-state index in [0.29, 0.717) is 29.8 Å². The van der Waals surface area contributed by atoms with Gasteiger partial charge in [0.05, 0.1) is 11.6 Å². The molecule has 0 aromatic carbocycles. The molecule has 26 heavy (non-hydrogen) atoms. The Kier molecular flexibility index (Phi) is 4.49. The number of likely N-dealkylation sites (tertiary alicyclic amines) is 1. The van der Waals surface area contributed by atoms with Gasteiger partial charge in [0.1, 0.15) is 6.61 Å². The van der Waals surface area contributed by atoms with Crippen molar-refractivity contribution in [1.82, 2.24) is 14.9 Å². The van der Waals surface area contributed by atoms with Gasteiger partial charge in [-0.05, 0) is 36.1 Å². The van der Waals surface area contributed by atoms with Gasteiger partial charge < -0.3 is 15.0 Å². The lowest BCUT2D eigenvalue weighted by molar-refractivity contribution is 0.0789. The van der Waals surface area contributed by atoms with Crippen LogP contribution >= 0.6 is 0 Å². The van der Waals surface area contributed by atoms with E-state index in [0.717, 1.165) is 25.3 Å². The quantitative estimate of drug-likeness (QED) is 0.920. The second kappa shape index (κ2) is 6.94. The first-order valence-electron chi connectivity index (χ1n) is 9.20. The Morgan fingerprint density at radius 1 is 1.35 bits per heavy atom. The van der Waals surface area contributed by atoms with Crippen LogP contribution < -0.4 is 10.1 Å². The van der Waals surface area contributed by atoms with E-state index in [4.69, 9.17) is 4.74 Å². The zero-order chi connectivity index (χ0) is 18.1. The van der Waals surface area contributed by atoms with E-state index in [2.05, 4.69) is 29.1 Å². The Labute approximate surface area is 153 Å². The van der Waals surface area contributed by atoms with E-state index in [-0.39, 0.29) is 11.9 Å². The number of hydrogen-bond acceptors (Lipinski definition) is 5. The molecule has 4 rings (SSSR count). The Bertz CT molecular complexity index is 794. The highest BCUT2D eigenvalue weighted by atomic mass is 16.5. The monoisotopic (exact) mass is 352 g/mol. The van der Waals surface area contributed by atoms with Crippen LogP contribution in [-0.4, -0.2) is 46.5 Å². The number of rotatable bonds is 3. The van der Waals surface area contributed by atoms with Gasteiger partial charge in [0.15, 0.2) is 11.6 Å². The first-order chi connectivity index (χ1) is 12.6. The van der Waals surface area contributed by atoms with Gasteiger partial charge in [-0.1, -0.05) is 13.8 Å². The largest absolute Gasteiger partial charge is 0.488 e. The molecule has 2 aliphatic rings. The van der Waals surface area contributed by atoms with Crippen molar-refractivity contribution < 1.29 is 9.53 Å². The fraction of sp³-hybridized carbons (Fsp3) is 0.450.